The zero-order valence-electron chi connectivity index (χ0n) is 18.7. The summed E-state index contributed by atoms with van der Waals surface area (Å²) in [5, 5.41) is 15.5. The van der Waals surface area contributed by atoms with Crippen molar-refractivity contribution in [2.24, 2.45) is 0 Å². The maximum Gasteiger partial charge on any atom is 0.269 e. The number of fused-ring (bicyclic) bond motifs is 1. The highest BCUT2D eigenvalue weighted by Crippen LogP contribution is 2.36. The zero-order chi connectivity index (χ0) is 23.4. The number of nitrogens with one attached hydrogen (secondary N) is 2. The molecule has 0 unspecified atom stereocenters. The van der Waals surface area contributed by atoms with E-state index >= 15 is 0 Å². The van der Waals surface area contributed by atoms with E-state index in [1.165, 1.54) is 11.6 Å². The number of amides is 1. The summed E-state index contributed by atoms with van der Waals surface area (Å²) >= 11 is 0. The summed E-state index contributed by atoms with van der Waals surface area (Å²) in [5.74, 6) is -0.433. The number of benzene rings is 3. The second-order valence-corrected chi connectivity index (χ2v) is 8.25. The molecule has 1 aromatic heterocycles. The van der Waals surface area contributed by atoms with Crippen LogP contribution < -0.4 is 5.32 Å². The Balaban J connectivity index is 1.70. The van der Waals surface area contributed by atoms with Crippen LogP contribution in [-0.4, -0.2) is 15.8 Å². The molecule has 6 heteroatoms. The third-order valence-electron chi connectivity index (χ3n) is 6.14. The van der Waals surface area contributed by atoms with Crippen LogP contribution in [0.5, 0.6) is 0 Å². The minimum absolute atomic E-state index is 0.0182. The van der Waals surface area contributed by atoms with Crippen LogP contribution in [0.2, 0.25) is 0 Å². The third kappa shape index (κ3) is 4.80. The number of carbonyl (C=O) groups excluding carboxylic acids is 1. The summed E-state index contributed by atoms with van der Waals surface area (Å²) in [7, 11) is 0. The number of nitro groups is 1. The minimum Gasteiger partial charge on any atom is -0.361 e. The Hall–Kier alpha value is -3.93. The maximum absolute atomic E-state index is 13.1. The molecule has 0 saturated carbocycles. The normalized spacial score (nSPS) is 12.9. The van der Waals surface area contributed by atoms with Gasteiger partial charge in [0.1, 0.15) is 0 Å². The third-order valence-corrected chi connectivity index (χ3v) is 6.14. The quantitative estimate of drug-likeness (QED) is 0.258. The number of para-hydroxylation sites is 1. The van der Waals surface area contributed by atoms with Crippen molar-refractivity contribution >= 4 is 22.5 Å². The number of nitrogens with zero attached hydrogens (tertiary/aromatic N) is 1. The molecule has 4 aromatic rings. The lowest BCUT2D eigenvalue weighted by Crippen LogP contribution is -2.28. The molecular formula is C27H27N3O3. The molecule has 1 heterocycles. The maximum atomic E-state index is 13.1. The largest absolute Gasteiger partial charge is 0.361 e. The number of nitro benzene ring substituents is 1. The number of non-ortho nitro benzene ring substituents is 1. The SMILES string of the molecule is CCc1cccc2c([C@H](CC(=O)N[C@@H](C)c3ccccc3)c3cccc([N+](=O)[O-])c3)c[nH]c12. The highest BCUT2D eigenvalue weighted by molar-refractivity contribution is 5.88. The molecule has 3 aromatic carbocycles. The molecule has 168 valence electrons. The number of hydrogen-bond acceptors (Lipinski definition) is 3. The Kier molecular flexibility index (Phi) is 6.54. The average molecular weight is 442 g/mol. The number of aryl methyl sites for hydroxylation is 1. The lowest BCUT2D eigenvalue weighted by atomic mass is 9.87. The van der Waals surface area contributed by atoms with Gasteiger partial charge < -0.3 is 10.3 Å². The molecule has 0 saturated heterocycles. The predicted molar refractivity (Wildman–Crippen MR) is 130 cm³/mol. The van der Waals surface area contributed by atoms with Crippen molar-refractivity contribution in [1.82, 2.24) is 10.3 Å². The summed E-state index contributed by atoms with van der Waals surface area (Å²) in [6, 6.07) is 22.4. The molecule has 1 amide bonds. The molecule has 0 radical (unpaired) electrons. The first kappa shape index (κ1) is 22.3. The summed E-state index contributed by atoms with van der Waals surface area (Å²) in [6.45, 7) is 4.06. The highest BCUT2D eigenvalue weighted by atomic mass is 16.6. The number of aromatic nitrogens is 1. The second-order valence-electron chi connectivity index (χ2n) is 8.25. The summed E-state index contributed by atoms with van der Waals surface area (Å²) in [5.41, 5.74) is 4.99. The number of H-pyrrole nitrogens is 1. The van der Waals surface area contributed by atoms with Crippen molar-refractivity contribution in [1.29, 1.82) is 0 Å². The Bertz CT molecular complexity index is 1280. The van der Waals surface area contributed by atoms with Gasteiger partial charge in [-0.15, -0.1) is 0 Å². The Morgan fingerprint density at radius 1 is 1.03 bits per heavy atom. The topological polar surface area (TPSA) is 88.0 Å². The lowest BCUT2D eigenvalue weighted by Gasteiger charge is -2.20. The zero-order valence-corrected chi connectivity index (χ0v) is 18.7. The first-order valence-corrected chi connectivity index (χ1v) is 11.2. The molecule has 0 aliphatic carbocycles. The Morgan fingerprint density at radius 2 is 1.76 bits per heavy atom. The molecule has 0 aliphatic heterocycles. The summed E-state index contributed by atoms with van der Waals surface area (Å²) in [6.07, 6.45) is 3.00. The molecule has 2 N–H and O–H groups in total. The van der Waals surface area contributed by atoms with Crippen molar-refractivity contribution in [3.8, 4) is 0 Å². The molecule has 33 heavy (non-hydrogen) atoms. The summed E-state index contributed by atoms with van der Waals surface area (Å²) in [4.78, 5) is 27.5. The van der Waals surface area contributed by atoms with Gasteiger partial charge in [0, 0.05) is 41.6 Å². The van der Waals surface area contributed by atoms with Gasteiger partial charge in [-0.3, -0.25) is 14.9 Å². The lowest BCUT2D eigenvalue weighted by molar-refractivity contribution is -0.384. The van der Waals surface area contributed by atoms with Crippen LogP contribution in [0.1, 0.15) is 54.5 Å². The molecule has 4 rings (SSSR count). The van der Waals surface area contributed by atoms with Crippen molar-refractivity contribution in [3.63, 3.8) is 0 Å². The fraction of sp³-hybridized carbons (Fsp3) is 0.222. The van der Waals surface area contributed by atoms with Gasteiger partial charge in [0.15, 0.2) is 0 Å². The standard InChI is InChI=1S/C27H27N3O3/c1-3-19-11-8-14-23-25(17-28-27(19)23)24(21-12-7-13-22(15-21)30(32)33)16-26(31)29-18(2)20-9-5-4-6-10-20/h4-15,17-18,24,28H,3,16H2,1-2H3,(H,29,31)/t18-,24+/m0/s1. The van der Waals surface area contributed by atoms with Gasteiger partial charge in [0.05, 0.1) is 11.0 Å². The summed E-state index contributed by atoms with van der Waals surface area (Å²) < 4.78 is 0. The number of hydrogen-bond donors (Lipinski definition) is 2. The van der Waals surface area contributed by atoms with Crippen molar-refractivity contribution in [2.75, 3.05) is 0 Å². The van der Waals surface area contributed by atoms with E-state index in [0.29, 0.717) is 0 Å². The Morgan fingerprint density at radius 3 is 2.48 bits per heavy atom. The monoisotopic (exact) mass is 441 g/mol. The van der Waals surface area contributed by atoms with Crippen LogP contribution in [0.4, 0.5) is 5.69 Å². The van der Waals surface area contributed by atoms with Crippen molar-refractivity contribution in [3.05, 3.63) is 111 Å². The fourth-order valence-corrected chi connectivity index (χ4v) is 4.40. The van der Waals surface area contributed by atoms with Crippen LogP contribution in [0, 0.1) is 10.1 Å². The highest BCUT2D eigenvalue weighted by Gasteiger charge is 2.24. The first-order chi connectivity index (χ1) is 16.0. The van der Waals surface area contributed by atoms with E-state index in [4.69, 9.17) is 0 Å². The molecular weight excluding hydrogens is 414 g/mol. The van der Waals surface area contributed by atoms with E-state index in [1.807, 2.05) is 61.7 Å². The van der Waals surface area contributed by atoms with Crippen LogP contribution in [0.25, 0.3) is 10.9 Å². The van der Waals surface area contributed by atoms with Gasteiger partial charge in [-0.25, -0.2) is 0 Å². The van der Waals surface area contributed by atoms with E-state index in [-0.39, 0.29) is 30.0 Å². The van der Waals surface area contributed by atoms with Gasteiger partial charge in [-0.05, 0) is 35.6 Å². The van der Waals surface area contributed by atoms with Gasteiger partial charge in [-0.2, -0.15) is 0 Å². The first-order valence-electron chi connectivity index (χ1n) is 11.2. The van der Waals surface area contributed by atoms with Gasteiger partial charge in [0.25, 0.3) is 5.69 Å². The van der Waals surface area contributed by atoms with Gasteiger partial charge in [-0.1, -0.05) is 67.6 Å². The molecule has 2 atom stereocenters. The minimum atomic E-state index is -0.400. The van der Waals surface area contributed by atoms with Crippen LogP contribution in [0.15, 0.2) is 79.0 Å². The smallest absolute Gasteiger partial charge is 0.269 e. The van der Waals surface area contributed by atoms with Crippen LogP contribution in [-0.2, 0) is 11.2 Å². The number of carbonyl (C=O) groups is 1. The fourth-order valence-electron chi connectivity index (χ4n) is 4.40. The molecule has 6 nitrogen and oxygen atoms in total. The molecule has 0 fully saturated rings. The van der Waals surface area contributed by atoms with E-state index in [1.54, 1.807) is 12.1 Å². The van der Waals surface area contributed by atoms with Crippen LogP contribution in [0.3, 0.4) is 0 Å². The average Bonchev–Trinajstić information content (AvgIpc) is 3.27. The van der Waals surface area contributed by atoms with E-state index in [0.717, 1.165) is 34.0 Å². The number of aromatic amines is 1. The van der Waals surface area contributed by atoms with Crippen molar-refractivity contribution < 1.29 is 9.72 Å². The molecule has 0 spiro atoms. The van der Waals surface area contributed by atoms with Crippen molar-refractivity contribution in [2.45, 2.75) is 38.6 Å². The number of rotatable bonds is 8. The predicted octanol–water partition coefficient (Wildman–Crippen LogP) is 6.04. The van der Waals surface area contributed by atoms with E-state index in [9.17, 15) is 14.9 Å². The van der Waals surface area contributed by atoms with E-state index < -0.39 is 4.92 Å². The van der Waals surface area contributed by atoms with Gasteiger partial charge in [0.2, 0.25) is 5.91 Å². The van der Waals surface area contributed by atoms with E-state index in [2.05, 4.69) is 23.3 Å². The second kappa shape index (κ2) is 9.69. The van der Waals surface area contributed by atoms with Crippen LogP contribution >= 0.6 is 0 Å². The molecule has 0 bridgehead atoms. The molecule has 0 aliphatic rings. The Labute approximate surface area is 192 Å². The van der Waals surface area contributed by atoms with Gasteiger partial charge >= 0.3 is 0 Å².